The molecular formula is C23H33N3O3S2. The number of rotatable bonds is 7. The summed E-state index contributed by atoms with van der Waals surface area (Å²) in [6.07, 6.45) is 5.65. The second-order valence-corrected chi connectivity index (χ2v) is 11.5. The van der Waals surface area contributed by atoms with Crippen LogP contribution < -0.4 is 5.56 Å². The van der Waals surface area contributed by atoms with E-state index in [1.54, 1.807) is 23.1 Å². The monoisotopic (exact) mass is 463 g/mol. The highest BCUT2D eigenvalue weighted by atomic mass is 32.2. The van der Waals surface area contributed by atoms with E-state index >= 15 is 0 Å². The molecule has 8 heteroatoms. The van der Waals surface area contributed by atoms with Crippen molar-refractivity contribution in [3.05, 3.63) is 20.8 Å². The predicted molar refractivity (Wildman–Crippen MR) is 127 cm³/mol. The molecule has 5 rings (SSSR count). The Kier molecular flexibility index (Phi) is 6.72. The largest absolute Gasteiger partial charge is 0.376 e. The lowest BCUT2D eigenvalue weighted by Gasteiger charge is -2.33. The molecule has 2 atom stereocenters. The maximum absolute atomic E-state index is 13.6. The molecule has 0 saturated carbocycles. The first-order chi connectivity index (χ1) is 15.1. The average molecular weight is 464 g/mol. The third-order valence-corrected chi connectivity index (χ3v) is 8.74. The van der Waals surface area contributed by atoms with E-state index in [0.717, 1.165) is 86.1 Å². The standard InChI is InChI=1S/C23H33N3O3S2/c1-15(2)11-25-8-10-29-17(12-25)14-30-23-24-21-20(18-6-3-7-19(18)31-21)22(27)26(23)13-16-5-4-9-28-16/h15-17H,3-14H2,1-2H3/t16-,17+/m1/s1. The lowest BCUT2D eigenvalue weighted by molar-refractivity contribution is -0.0191. The fourth-order valence-corrected chi connectivity index (χ4v) is 7.37. The normalized spacial score (nSPS) is 24.5. The Balaban J connectivity index is 1.39. The summed E-state index contributed by atoms with van der Waals surface area (Å²) in [5.74, 6) is 1.48. The Hall–Kier alpha value is -0.930. The van der Waals surface area contributed by atoms with E-state index in [2.05, 4.69) is 18.7 Å². The summed E-state index contributed by atoms with van der Waals surface area (Å²) in [5, 5.41) is 1.70. The number of ether oxygens (including phenoxy) is 2. The fraction of sp³-hybridized carbons (Fsp3) is 0.739. The van der Waals surface area contributed by atoms with Crippen LogP contribution in [0.25, 0.3) is 10.2 Å². The van der Waals surface area contributed by atoms with Gasteiger partial charge in [0.25, 0.3) is 5.56 Å². The number of thiophene rings is 1. The summed E-state index contributed by atoms with van der Waals surface area (Å²) >= 11 is 3.41. The fourth-order valence-electron chi connectivity index (χ4n) is 5.05. The van der Waals surface area contributed by atoms with Gasteiger partial charge in [0.2, 0.25) is 0 Å². The lowest BCUT2D eigenvalue weighted by Crippen LogP contribution is -2.45. The zero-order chi connectivity index (χ0) is 21.4. The van der Waals surface area contributed by atoms with Crippen LogP contribution >= 0.6 is 23.1 Å². The van der Waals surface area contributed by atoms with Crippen LogP contribution in [0.5, 0.6) is 0 Å². The number of thioether (sulfide) groups is 1. The molecule has 2 aliphatic heterocycles. The van der Waals surface area contributed by atoms with Gasteiger partial charge in [-0.15, -0.1) is 11.3 Å². The van der Waals surface area contributed by atoms with E-state index in [1.165, 1.54) is 10.4 Å². The Morgan fingerprint density at radius 2 is 2.06 bits per heavy atom. The first-order valence-electron chi connectivity index (χ1n) is 11.7. The van der Waals surface area contributed by atoms with Crippen LogP contribution in [-0.4, -0.2) is 65.3 Å². The molecule has 0 N–H and O–H groups in total. The molecule has 0 bridgehead atoms. The number of morpholine rings is 1. The van der Waals surface area contributed by atoms with Crippen LogP contribution in [-0.2, 0) is 28.9 Å². The van der Waals surface area contributed by atoms with E-state index in [-0.39, 0.29) is 17.8 Å². The van der Waals surface area contributed by atoms with Gasteiger partial charge in [0.1, 0.15) is 4.83 Å². The number of hydrogen-bond donors (Lipinski definition) is 0. The minimum Gasteiger partial charge on any atom is -0.376 e. The van der Waals surface area contributed by atoms with Crippen molar-refractivity contribution in [1.82, 2.24) is 14.5 Å². The van der Waals surface area contributed by atoms with Gasteiger partial charge in [-0.1, -0.05) is 25.6 Å². The maximum Gasteiger partial charge on any atom is 0.263 e. The molecular weight excluding hydrogens is 430 g/mol. The minimum absolute atomic E-state index is 0.121. The van der Waals surface area contributed by atoms with Crippen molar-refractivity contribution in [2.45, 2.75) is 69.9 Å². The molecule has 31 heavy (non-hydrogen) atoms. The Labute approximate surface area is 192 Å². The van der Waals surface area contributed by atoms with Crippen molar-refractivity contribution in [2.24, 2.45) is 5.92 Å². The van der Waals surface area contributed by atoms with Gasteiger partial charge in [-0.25, -0.2) is 4.98 Å². The number of fused-ring (bicyclic) bond motifs is 3. The molecule has 2 aromatic heterocycles. The van der Waals surface area contributed by atoms with Crippen LogP contribution in [0.1, 0.15) is 43.6 Å². The van der Waals surface area contributed by atoms with Crippen LogP contribution in [0.3, 0.4) is 0 Å². The summed E-state index contributed by atoms with van der Waals surface area (Å²) in [5.41, 5.74) is 1.39. The van der Waals surface area contributed by atoms with Gasteiger partial charge in [-0.2, -0.15) is 0 Å². The number of nitrogens with zero attached hydrogens (tertiary/aromatic N) is 3. The number of hydrogen-bond acceptors (Lipinski definition) is 7. The molecule has 0 aromatic carbocycles. The third kappa shape index (κ3) is 4.74. The zero-order valence-electron chi connectivity index (χ0n) is 18.6. The van der Waals surface area contributed by atoms with Crippen molar-refractivity contribution < 1.29 is 9.47 Å². The molecule has 2 saturated heterocycles. The topological polar surface area (TPSA) is 56.6 Å². The molecule has 0 amide bonds. The maximum atomic E-state index is 13.6. The predicted octanol–water partition coefficient (Wildman–Crippen LogP) is 3.57. The Bertz CT molecular complexity index is 981. The summed E-state index contributed by atoms with van der Waals surface area (Å²) < 4.78 is 13.8. The van der Waals surface area contributed by atoms with Crippen molar-refractivity contribution >= 4 is 33.3 Å². The molecule has 2 aromatic rings. The molecule has 6 nitrogen and oxygen atoms in total. The number of aromatic nitrogens is 2. The van der Waals surface area contributed by atoms with Crippen molar-refractivity contribution in [3.63, 3.8) is 0 Å². The minimum atomic E-state index is 0.121. The third-order valence-electron chi connectivity index (χ3n) is 6.44. The van der Waals surface area contributed by atoms with Gasteiger partial charge in [-0.3, -0.25) is 14.3 Å². The molecule has 170 valence electrons. The SMILES string of the molecule is CC(C)CN1CCO[C@H](CSc2nc3sc4c(c3c(=O)n2C[C@H]2CCCO2)CCC4)C1. The molecule has 4 heterocycles. The van der Waals surface area contributed by atoms with E-state index < -0.39 is 0 Å². The van der Waals surface area contributed by atoms with Gasteiger partial charge in [0.05, 0.1) is 30.7 Å². The van der Waals surface area contributed by atoms with E-state index in [4.69, 9.17) is 14.5 Å². The van der Waals surface area contributed by atoms with Crippen LogP contribution in [0.15, 0.2) is 9.95 Å². The highest BCUT2D eigenvalue weighted by molar-refractivity contribution is 7.99. The van der Waals surface area contributed by atoms with Gasteiger partial charge in [0, 0.05) is 36.9 Å². The van der Waals surface area contributed by atoms with Crippen molar-refractivity contribution in [2.75, 3.05) is 38.6 Å². The Morgan fingerprint density at radius 1 is 1.19 bits per heavy atom. The van der Waals surface area contributed by atoms with Gasteiger partial charge in [0.15, 0.2) is 5.16 Å². The first kappa shape index (κ1) is 21.9. The van der Waals surface area contributed by atoms with E-state index in [1.807, 2.05) is 4.57 Å². The molecule has 1 aliphatic carbocycles. The molecule has 0 unspecified atom stereocenters. The second kappa shape index (κ2) is 9.51. The summed E-state index contributed by atoms with van der Waals surface area (Å²) in [4.78, 5) is 23.4. The van der Waals surface area contributed by atoms with Crippen LogP contribution in [0.2, 0.25) is 0 Å². The lowest BCUT2D eigenvalue weighted by atomic mass is 10.2. The average Bonchev–Trinajstić information content (AvgIpc) is 3.46. The van der Waals surface area contributed by atoms with Gasteiger partial charge >= 0.3 is 0 Å². The highest BCUT2D eigenvalue weighted by Crippen LogP contribution is 2.36. The van der Waals surface area contributed by atoms with Crippen LogP contribution in [0.4, 0.5) is 0 Å². The van der Waals surface area contributed by atoms with Gasteiger partial charge in [-0.05, 0) is 43.6 Å². The van der Waals surface area contributed by atoms with Gasteiger partial charge < -0.3 is 9.47 Å². The van der Waals surface area contributed by atoms with Crippen LogP contribution in [0, 0.1) is 5.92 Å². The zero-order valence-corrected chi connectivity index (χ0v) is 20.2. The number of aryl methyl sites for hydroxylation is 2. The van der Waals surface area contributed by atoms with Crippen molar-refractivity contribution in [3.8, 4) is 0 Å². The highest BCUT2D eigenvalue weighted by Gasteiger charge is 2.27. The molecule has 3 aliphatic rings. The summed E-state index contributed by atoms with van der Waals surface area (Å²) in [6.45, 7) is 9.79. The quantitative estimate of drug-likeness (QED) is 0.462. The van der Waals surface area contributed by atoms with Crippen molar-refractivity contribution in [1.29, 1.82) is 0 Å². The molecule has 0 radical (unpaired) electrons. The second-order valence-electron chi connectivity index (χ2n) is 9.44. The smallest absolute Gasteiger partial charge is 0.263 e. The Morgan fingerprint density at radius 3 is 2.87 bits per heavy atom. The summed E-state index contributed by atoms with van der Waals surface area (Å²) in [7, 11) is 0. The molecule has 0 spiro atoms. The summed E-state index contributed by atoms with van der Waals surface area (Å²) in [6, 6.07) is 0. The van der Waals surface area contributed by atoms with E-state index in [0.29, 0.717) is 12.5 Å². The first-order valence-corrected chi connectivity index (χ1v) is 13.5. The van der Waals surface area contributed by atoms with E-state index in [9.17, 15) is 4.79 Å². The molecule has 2 fully saturated rings.